The first-order valence-corrected chi connectivity index (χ1v) is 6.96. The summed E-state index contributed by atoms with van der Waals surface area (Å²) in [5.74, 6) is 1.81. The third-order valence-corrected chi connectivity index (χ3v) is 6.20. The highest BCUT2D eigenvalue weighted by atomic mass is 32.2. The lowest BCUT2D eigenvalue weighted by molar-refractivity contribution is 0.0671. The van der Waals surface area contributed by atoms with Crippen LogP contribution in [0.2, 0.25) is 0 Å². The third-order valence-electron chi connectivity index (χ3n) is 4.60. The van der Waals surface area contributed by atoms with E-state index in [1.54, 1.807) is 11.8 Å². The van der Waals surface area contributed by atoms with Crippen molar-refractivity contribution in [2.45, 2.75) is 44.5 Å². The van der Waals surface area contributed by atoms with E-state index in [4.69, 9.17) is 5.11 Å². The van der Waals surface area contributed by atoms with Gasteiger partial charge < -0.3 is 10.2 Å². The van der Waals surface area contributed by atoms with Gasteiger partial charge in [-0.15, -0.1) is 0 Å². The molecule has 0 saturated heterocycles. The lowest BCUT2D eigenvalue weighted by Gasteiger charge is -2.34. The second kappa shape index (κ2) is 3.64. The van der Waals surface area contributed by atoms with Gasteiger partial charge in [0.1, 0.15) is 0 Å². The van der Waals surface area contributed by atoms with Gasteiger partial charge in [0.15, 0.2) is 0 Å². The van der Waals surface area contributed by atoms with Crippen LogP contribution in [0.1, 0.15) is 33.6 Å². The molecule has 0 radical (unpaired) electrons. The van der Waals surface area contributed by atoms with Crippen molar-refractivity contribution in [3.8, 4) is 0 Å². The minimum atomic E-state index is -0.468. The zero-order chi connectivity index (χ0) is 11.3. The number of fused-ring (bicyclic) bond motifs is 1. The number of thioether (sulfide) groups is 1. The maximum absolute atomic E-state index is 10.7. The van der Waals surface area contributed by atoms with Crippen molar-refractivity contribution in [3.05, 3.63) is 0 Å². The van der Waals surface area contributed by atoms with E-state index in [1.807, 2.05) is 0 Å². The van der Waals surface area contributed by atoms with Crippen LogP contribution >= 0.6 is 11.8 Å². The Hall–Kier alpha value is 0.270. The Labute approximate surface area is 96.5 Å². The van der Waals surface area contributed by atoms with Gasteiger partial charge in [0, 0.05) is 16.4 Å². The maximum Gasteiger partial charge on any atom is 0.0856 e. The highest BCUT2D eigenvalue weighted by Gasteiger charge is 2.75. The topological polar surface area (TPSA) is 40.5 Å². The summed E-state index contributed by atoms with van der Waals surface area (Å²) in [5, 5.41) is 19.9. The van der Waals surface area contributed by atoms with Crippen molar-refractivity contribution in [1.82, 2.24) is 0 Å². The van der Waals surface area contributed by atoms with Crippen molar-refractivity contribution in [2.24, 2.45) is 17.3 Å². The summed E-state index contributed by atoms with van der Waals surface area (Å²) in [5.41, 5.74) is -0.380. The largest absolute Gasteiger partial charge is 0.396 e. The van der Waals surface area contributed by atoms with E-state index in [0.717, 1.165) is 5.75 Å². The molecule has 0 spiro atoms. The third kappa shape index (κ3) is 1.47. The Kier molecular flexibility index (Phi) is 2.85. The molecule has 4 unspecified atom stereocenters. The number of aliphatic hydroxyl groups is 2. The molecule has 2 aliphatic rings. The molecular formula is C12H22O2S. The molecule has 0 amide bonds. The van der Waals surface area contributed by atoms with E-state index in [9.17, 15) is 5.11 Å². The molecule has 2 rings (SSSR count). The molecule has 3 heteroatoms. The summed E-state index contributed by atoms with van der Waals surface area (Å²) in [4.78, 5) is 0. The molecule has 4 atom stereocenters. The van der Waals surface area contributed by atoms with Crippen LogP contribution in [0, 0.1) is 17.3 Å². The van der Waals surface area contributed by atoms with Crippen LogP contribution in [-0.2, 0) is 0 Å². The molecule has 0 aromatic heterocycles. The lowest BCUT2D eigenvalue weighted by atomic mass is 9.88. The zero-order valence-electron chi connectivity index (χ0n) is 9.86. The van der Waals surface area contributed by atoms with Crippen LogP contribution in [0.3, 0.4) is 0 Å². The number of hydrogen-bond acceptors (Lipinski definition) is 3. The number of hydrogen-bond donors (Lipinski definition) is 2. The molecule has 0 heterocycles. The van der Waals surface area contributed by atoms with Crippen molar-refractivity contribution >= 4 is 11.8 Å². The molecule has 0 bridgehead atoms. The van der Waals surface area contributed by atoms with Gasteiger partial charge >= 0.3 is 0 Å². The molecule has 2 nitrogen and oxygen atoms in total. The van der Waals surface area contributed by atoms with E-state index in [2.05, 4.69) is 20.8 Å². The van der Waals surface area contributed by atoms with Crippen LogP contribution < -0.4 is 0 Å². The first-order chi connectivity index (χ1) is 6.96. The summed E-state index contributed by atoms with van der Waals surface area (Å²) < 4.78 is 0. The maximum atomic E-state index is 10.7. The summed E-state index contributed by atoms with van der Waals surface area (Å²) >= 11 is 1.76. The van der Waals surface area contributed by atoms with Crippen molar-refractivity contribution < 1.29 is 10.2 Å². The van der Waals surface area contributed by atoms with Crippen LogP contribution in [0.5, 0.6) is 0 Å². The van der Waals surface area contributed by atoms with E-state index < -0.39 is 5.60 Å². The highest BCUT2D eigenvalue weighted by Crippen LogP contribution is 2.70. The summed E-state index contributed by atoms with van der Waals surface area (Å²) in [6.07, 6.45) is 2.39. The van der Waals surface area contributed by atoms with E-state index in [1.165, 1.54) is 12.8 Å². The van der Waals surface area contributed by atoms with Gasteiger partial charge in [-0.25, -0.2) is 0 Å². The number of rotatable bonds is 3. The van der Waals surface area contributed by atoms with E-state index in [-0.39, 0.29) is 12.0 Å². The molecule has 0 aliphatic heterocycles. The minimum Gasteiger partial charge on any atom is -0.396 e. The van der Waals surface area contributed by atoms with Crippen LogP contribution in [0.15, 0.2) is 0 Å². The first-order valence-electron chi connectivity index (χ1n) is 5.91. The van der Waals surface area contributed by atoms with Crippen LogP contribution in [0.25, 0.3) is 0 Å². The normalized spacial score (nSPS) is 47.4. The van der Waals surface area contributed by atoms with E-state index in [0.29, 0.717) is 17.1 Å². The first kappa shape index (κ1) is 11.7. The molecule has 15 heavy (non-hydrogen) atoms. The van der Waals surface area contributed by atoms with Gasteiger partial charge in [-0.2, -0.15) is 11.8 Å². The van der Waals surface area contributed by atoms with Gasteiger partial charge in [0.25, 0.3) is 0 Å². The molecule has 0 aromatic carbocycles. The predicted molar refractivity (Wildman–Crippen MR) is 64.0 cm³/mol. The average Bonchev–Trinajstić information content (AvgIpc) is 2.60. The lowest BCUT2D eigenvalue weighted by Crippen LogP contribution is -2.39. The van der Waals surface area contributed by atoms with Crippen molar-refractivity contribution in [2.75, 3.05) is 12.4 Å². The SMILES string of the molecule is CC1CCC2C(C)(C)C2(O)C1SCCO. The zero-order valence-corrected chi connectivity index (χ0v) is 10.7. The van der Waals surface area contributed by atoms with Crippen molar-refractivity contribution in [1.29, 1.82) is 0 Å². The molecule has 2 saturated carbocycles. The van der Waals surface area contributed by atoms with Gasteiger partial charge in [0.2, 0.25) is 0 Å². The molecule has 2 N–H and O–H groups in total. The Morgan fingerprint density at radius 3 is 2.60 bits per heavy atom. The molecular weight excluding hydrogens is 208 g/mol. The Bertz CT molecular complexity index is 254. The van der Waals surface area contributed by atoms with Gasteiger partial charge in [-0.1, -0.05) is 20.8 Å². The molecule has 0 aromatic rings. The van der Waals surface area contributed by atoms with E-state index >= 15 is 0 Å². The minimum absolute atomic E-state index is 0.0882. The van der Waals surface area contributed by atoms with Gasteiger partial charge in [-0.3, -0.25) is 0 Å². The molecule has 88 valence electrons. The fourth-order valence-electron chi connectivity index (χ4n) is 3.51. The monoisotopic (exact) mass is 230 g/mol. The molecule has 2 fully saturated rings. The van der Waals surface area contributed by atoms with Crippen LogP contribution in [0.4, 0.5) is 0 Å². The highest BCUT2D eigenvalue weighted by molar-refractivity contribution is 8.00. The van der Waals surface area contributed by atoms with Gasteiger partial charge in [-0.05, 0) is 24.7 Å². The predicted octanol–water partition coefficient (Wildman–Crippen LogP) is 1.90. The summed E-state index contributed by atoms with van der Waals surface area (Å²) in [6, 6.07) is 0. The molecule has 2 aliphatic carbocycles. The van der Waals surface area contributed by atoms with Crippen molar-refractivity contribution in [3.63, 3.8) is 0 Å². The number of aliphatic hydroxyl groups excluding tert-OH is 1. The fourth-order valence-corrected chi connectivity index (χ4v) is 5.06. The standard InChI is InChI=1S/C12H22O2S/c1-8-4-5-9-11(2,3)12(9,14)10(8)15-7-6-13/h8-10,13-14H,4-7H2,1-3H3. The summed E-state index contributed by atoms with van der Waals surface area (Å²) in [7, 11) is 0. The van der Waals surface area contributed by atoms with Crippen LogP contribution in [-0.4, -0.2) is 33.4 Å². The smallest absolute Gasteiger partial charge is 0.0856 e. The fraction of sp³-hybridized carbons (Fsp3) is 1.00. The Morgan fingerprint density at radius 2 is 2.00 bits per heavy atom. The average molecular weight is 230 g/mol. The second-order valence-electron chi connectivity index (χ2n) is 5.67. The second-order valence-corrected chi connectivity index (χ2v) is 6.92. The quantitative estimate of drug-likeness (QED) is 0.778. The Morgan fingerprint density at radius 1 is 1.33 bits per heavy atom. The summed E-state index contributed by atoms with van der Waals surface area (Å²) in [6.45, 7) is 6.82. The van der Waals surface area contributed by atoms with Gasteiger partial charge in [0.05, 0.1) is 12.2 Å². The Balaban J connectivity index is 2.12.